The number of hydrogen-bond donors (Lipinski definition) is 2. The first-order valence-corrected chi connectivity index (χ1v) is 6.24. The molecular formula is C11H12N4O2S. The number of carboxylic acids is 1. The molecule has 94 valence electrons. The van der Waals surface area contributed by atoms with Crippen molar-refractivity contribution in [2.45, 2.75) is 19.9 Å². The maximum Gasteiger partial charge on any atom is 0.339 e. The number of carboxylic acid groups (broad SMARTS) is 1. The van der Waals surface area contributed by atoms with Crippen molar-refractivity contribution in [1.29, 1.82) is 0 Å². The number of aromatic carboxylic acids is 1. The highest BCUT2D eigenvalue weighted by atomic mass is 32.1. The number of nitrogens with zero attached hydrogens (tertiary/aromatic N) is 3. The van der Waals surface area contributed by atoms with Crippen molar-refractivity contribution in [1.82, 2.24) is 15.2 Å². The third-order valence-electron chi connectivity index (χ3n) is 2.31. The fourth-order valence-electron chi connectivity index (χ4n) is 1.39. The standard InChI is InChI=1S/C11H12N4O2S/c1-2-7-5-12-9(18-7)6-13-10-8(11(16)17)3-4-14-15-10/h3-5H,2,6H2,1H3,(H,13,15)(H,16,17). The van der Waals surface area contributed by atoms with E-state index < -0.39 is 5.97 Å². The summed E-state index contributed by atoms with van der Waals surface area (Å²) in [7, 11) is 0. The van der Waals surface area contributed by atoms with E-state index in [-0.39, 0.29) is 11.4 Å². The Bertz CT molecular complexity index is 555. The van der Waals surface area contributed by atoms with E-state index in [1.54, 1.807) is 11.3 Å². The molecule has 0 spiro atoms. The monoisotopic (exact) mass is 264 g/mol. The van der Waals surface area contributed by atoms with E-state index in [4.69, 9.17) is 5.11 Å². The Morgan fingerprint density at radius 3 is 3.06 bits per heavy atom. The summed E-state index contributed by atoms with van der Waals surface area (Å²) >= 11 is 1.60. The van der Waals surface area contributed by atoms with Gasteiger partial charge in [0.2, 0.25) is 0 Å². The summed E-state index contributed by atoms with van der Waals surface area (Å²) < 4.78 is 0. The van der Waals surface area contributed by atoms with Crippen LogP contribution in [0.1, 0.15) is 27.2 Å². The number of nitrogens with one attached hydrogen (secondary N) is 1. The number of aromatic nitrogens is 3. The Hall–Kier alpha value is -2.02. The van der Waals surface area contributed by atoms with Crippen molar-refractivity contribution >= 4 is 23.1 Å². The maximum atomic E-state index is 11.0. The smallest absolute Gasteiger partial charge is 0.339 e. The highest BCUT2D eigenvalue weighted by Gasteiger charge is 2.11. The number of aryl methyl sites for hydroxylation is 1. The molecule has 0 amide bonds. The normalized spacial score (nSPS) is 10.3. The Morgan fingerprint density at radius 1 is 1.56 bits per heavy atom. The highest BCUT2D eigenvalue weighted by Crippen LogP contribution is 2.16. The molecule has 0 aliphatic carbocycles. The van der Waals surface area contributed by atoms with Crippen LogP contribution in [-0.4, -0.2) is 26.3 Å². The molecule has 0 bridgehead atoms. The van der Waals surface area contributed by atoms with Gasteiger partial charge in [-0.25, -0.2) is 9.78 Å². The lowest BCUT2D eigenvalue weighted by atomic mass is 10.3. The molecule has 0 aliphatic heterocycles. The highest BCUT2D eigenvalue weighted by molar-refractivity contribution is 7.11. The predicted molar refractivity (Wildman–Crippen MR) is 67.8 cm³/mol. The number of carbonyl (C=O) groups is 1. The Labute approximate surface area is 108 Å². The van der Waals surface area contributed by atoms with Crippen LogP contribution < -0.4 is 5.32 Å². The molecule has 18 heavy (non-hydrogen) atoms. The zero-order chi connectivity index (χ0) is 13.0. The van der Waals surface area contributed by atoms with Crippen molar-refractivity contribution < 1.29 is 9.90 Å². The van der Waals surface area contributed by atoms with Crippen LogP contribution in [0, 0.1) is 0 Å². The van der Waals surface area contributed by atoms with Crippen LogP contribution in [0.3, 0.4) is 0 Å². The lowest BCUT2D eigenvalue weighted by Gasteiger charge is -2.04. The summed E-state index contributed by atoms with van der Waals surface area (Å²) in [6.45, 7) is 2.51. The second kappa shape index (κ2) is 5.54. The van der Waals surface area contributed by atoms with Gasteiger partial charge in [-0.1, -0.05) is 6.92 Å². The minimum atomic E-state index is -1.03. The lowest BCUT2D eigenvalue weighted by molar-refractivity contribution is 0.0697. The summed E-state index contributed by atoms with van der Waals surface area (Å²) in [5.41, 5.74) is 0.109. The van der Waals surface area contributed by atoms with Gasteiger partial charge in [-0.05, 0) is 12.5 Å². The fraction of sp³-hybridized carbons (Fsp3) is 0.273. The number of thiazole rings is 1. The van der Waals surface area contributed by atoms with Gasteiger partial charge in [-0.2, -0.15) is 5.10 Å². The quantitative estimate of drug-likeness (QED) is 0.856. The average Bonchev–Trinajstić information content (AvgIpc) is 2.84. The Kier molecular flexibility index (Phi) is 3.83. The molecule has 0 atom stereocenters. The fourth-order valence-corrected chi connectivity index (χ4v) is 2.19. The molecule has 0 saturated carbocycles. The van der Waals surface area contributed by atoms with Crippen molar-refractivity contribution in [2.24, 2.45) is 0 Å². The SMILES string of the molecule is CCc1cnc(CNc2nnccc2C(=O)O)s1. The van der Waals surface area contributed by atoms with Gasteiger partial charge >= 0.3 is 5.97 Å². The van der Waals surface area contributed by atoms with E-state index in [0.29, 0.717) is 6.54 Å². The third kappa shape index (κ3) is 2.80. The molecule has 2 rings (SSSR count). The molecule has 2 N–H and O–H groups in total. The summed E-state index contributed by atoms with van der Waals surface area (Å²) in [6.07, 6.45) is 4.13. The number of anilines is 1. The van der Waals surface area contributed by atoms with Crippen molar-refractivity contribution in [2.75, 3.05) is 5.32 Å². The molecule has 0 saturated heterocycles. The minimum Gasteiger partial charge on any atom is -0.478 e. The zero-order valence-electron chi connectivity index (χ0n) is 9.75. The van der Waals surface area contributed by atoms with E-state index in [1.165, 1.54) is 17.1 Å². The van der Waals surface area contributed by atoms with Gasteiger partial charge in [0.1, 0.15) is 10.6 Å². The van der Waals surface area contributed by atoms with E-state index in [9.17, 15) is 4.79 Å². The van der Waals surface area contributed by atoms with Gasteiger partial charge in [0, 0.05) is 11.1 Å². The van der Waals surface area contributed by atoms with E-state index in [1.807, 2.05) is 6.20 Å². The van der Waals surface area contributed by atoms with Crippen molar-refractivity contribution in [3.63, 3.8) is 0 Å². The minimum absolute atomic E-state index is 0.109. The predicted octanol–water partition coefficient (Wildman–Crippen LogP) is 1.81. The van der Waals surface area contributed by atoms with Crippen LogP contribution in [0.2, 0.25) is 0 Å². The molecule has 0 aromatic carbocycles. The average molecular weight is 264 g/mol. The molecule has 2 heterocycles. The largest absolute Gasteiger partial charge is 0.478 e. The van der Waals surface area contributed by atoms with Crippen LogP contribution >= 0.6 is 11.3 Å². The molecule has 0 radical (unpaired) electrons. The van der Waals surface area contributed by atoms with Crippen molar-refractivity contribution in [3.8, 4) is 0 Å². The Balaban J connectivity index is 2.08. The number of hydrogen-bond acceptors (Lipinski definition) is 6. The van der Waals surface area contributed by atoms with Crippen LogP contribution in [0.5, 0.6) is 0 Å². The Morgan fingerprint density at radius 2 is 2.39 bits per heavy atom. The third-order valence-corrected chi connectivity index (χ3v) is 3.45. The first kappa shape index (κ1) is 12.4. The molecule has 2 aromatic rings. The van der Waals surface area contributed by atoms with Gasteiger partial charge in [0.15, 0.2) is 5.82 Å². The molecule has 0 unspecified atom stereocenters. The van der Waals surface area contributed by atoms with Gasteiger partial charge < -0.3 is 10.4 Å². The molecule has 2 aromatic heterocycles. The molecular weight excluding hydrogens is 252 g/mol. The van der Waals surface area contributed by atoms with Gasteiger partial charge in [-0.3, -0.25) is 0 Å². The lowest BCUT2D eigenvalue weighted by Crippen LogP contribution is -2.08. The topological polar surface area (TPSA) is 88.0 Å². The van der Waals surface area contributed by atoms with Crippen LogP contribution in [0.15, 0.2) is 18.5 Å². The first-order chi connectivity index (χ1) is 8.70. The molecule has 0 aliphatic rings. The summed E-state index contributed by atoms with van der Waals surface area (Å²) in [5, 5.41) is 20.3. The maximum absolute atomic E-state index is 11.0. The van der Waals surface area contributed by atoms with E-state index in [2.05, 4.69) is 27.4 Å². The second-order valence-corrected chi connectivity index (χ2v) is 4.73. The van der Waals surface area contributed by atoms with Gasteiger partial charge in [0.05, 0.1) is 12.7 Å². The van der Waals surface area contributed by atoms with Crippen LogP contribution in [0.25, 0.3) is 0 Å². The summed E-state index contributed by atoms with van der Waals surface area (Å²) in [6, 6.07) is 1.41. The van der Waals surface area contributed by atoms with Crippen LogP contribution in [0.4, 0.5) is 5.82 Å². The zero-order valence-corrected chi connectivity index (χ0v) is 10.6. The second-order valence-electron chi connectivity index (χ2n) is 3.53. The van der Waals surface area contributed by atoms with Crippen LogP contribution in [-0.2, 0) is 13.0 Å². The van der Waals surface area contributed by atoms with E-state index >= 15 is 0 Å². The molecule has 7 heteroatoms. The summed E-state index contributed by atoms with van der Waals surface area (Å²) in [5.74, 6) is -0.765. The van der Waals surface area contributed by atoms with Crippen molar-refractivity contribution in [3.05, 3.63) is 33.9 Å². The number of rotatable bonds is 5. The van der Waals surface area contributed by atoms with Gasteiger partial charge in [0.25, 0.3) is 0 Å². The molecule has 6 nitrogen and oxygen atoms in total. The summed E-state index contributed by atoms with van der Waals surface area (Å²) in [4.78, 5) is 16.4. The van der Waals surface area contributed by atoms with Gasteiger partial charge in [-0.15, -0.1) is 16.4 Å². The van der Waals surface area contributed by atoms with E-state index in [0.717, 1.165) is 11.4 Å². The first-order valence-electron chi connectivity index (χ1n) is 5.43. The molecule has 0 fully saturated rings.